The largest absolute Gasteiger partial charge is 0.480 e. The Morgan fingerprint density at radius 2 is 2.33 bits per heavy atom. The van der Waals surface area contributed by atoms with Gasteiger partial charge in [0.05, 0.1) is 6.10 Å². The summed E-state index contributed by atoms with van der Waals surface area (Å²) in [5, 5.41) is 8.08. The highest BCUT2D eigenvalue weighted by atomic mass is 16.7. The average Bonchev–Trinajstić information content (AvgIpc) is 1.63. The highest BCUT2D eigenvalue weighted by Crippen LogP contribution is 1.80. The van der Waals surface area contributed by atoms with E-state index in [0.717, 1.165) is 0 Å². The standard InChI is InChI=1S/C5H11NO3/c1-4(2)9-6-3-5(7)8/h4,6H,3H2,1-2H3,(H,7,8). The zero-order chi connectivity index (χ0) is 7.28. The van der Waals surface area contributed by atoms with Crippen molar-refractivity contribution < 1.29 is 14.7 Å². The normalized spacial score (nSPS) is 10.1. The second-order valence-corrected chi connectivity index (χ2v) is 1.88. The molecule has 0 heterocycles. The molecule has 0 aromatic rings. The minimum Gasteiger partial charge on any atom is -0.480 e. The zero-order valence-corrected chi connectivity index (χ0v) is 5.55. The lowest BCUT2D eigenvalue weighted by atomic mass is 10.5. The van der Waals surface area contributed by atoms with E-state index in [9.17, 15) is 4.79 Å². The van der Waals surface area contributed by atoms with Crippen LogP contribution in [0.25, 0.3) is 0 Å². The topological polar surface area (TPSA) is 58.6 Å². The molecule has 0 fully saturated rings. The van der Waals surface area contributed by atoms with Crippen LogP contribution in [0.4, 0.5) is 0 Å². The molecule has 0 aliphatic carbocycles. The SMILES string of the molecule is CC(C)ONCC(=O)O. The molecule has 0 aromatic heterocycles. The maximum absolute atomic E-state index is 9.84. The first-order chi connectivity index (χ1) is 4.13. The third kappa shape index (κ3) is 7.39. The molecular weight excluding hydrogens is 122 g/mol. The van der Waals surface area contributed by atoms with Crippen molar-refractivity contribution in [3.05, 3.63) is 0 Å². The van der Waals surface area contributed by atoms with Crippen LogP contribution in [0.3, 0.4) is 0 Å². The summed E-state index contributed by atoms with van der Waals surface area (Å²) in [5.41, 5.74) is 2.28. The molecule has 0 saturated carbocycles. The number of hydrogen-bond acceptors (Lipinski definition) is 3. The van der Waals surface area contributed by atoms with E-state index in [0.29, 0.717) is 0 Å². The summed E-state index contributed by atoms with van der Waals surface area (Å²) in [6, 6.07) is 0. The molecule has 0 saturated heterocycles. The molecule has 0 atom stereocenters. The Hall–Kier alpha value is -0.610. The van der Waals surface area contributed by atoms with Crippen molar-refractivity contribution in [3.63, 3.8) is 0 Å². The van der Waals surface area contributed by atoms with E-state index in [2.05, 4.69) is 5.48 Å². The third-order valence-corrected chi connectivity index (χ3v) is 0.542. The van der Waals surface area contributed by atoms with Gasteiger partial charge in [-0.1, -0.05) is 0 Å². The van der Waals surface area contributed by atoms with Gasteiger partial charge in [0.25, 0.3) is 0 Å². The minimum atomic E-state index is -0.921. The highest BCUT2D eigenvalue weighted by molar-refractivity contribution is 5.68. The Bertz CT molecular complexity index is 92.2. The lowest BCUT2D eigenvalue weighted by molar-refractivity contribution is -0.139. The van der Waals surface area contributed by atoms with E-state index in [1.807, 2.05) is 13.8 Å². The van der Waals surface area contributed by atoms with Crippen molar-refractivity contribution in [3.8, 4) is 0 Å². The molecule has 2 N–H and O–H groups in total. The summed E-state index contributed by atoms with van der Waals surface area (Å²) in [5.74, 6) is -0.921. The van der Waals surface area contributed by atoms with E-state index >= 15 is 0 Å². The van der Waals surface area contributed by atoms with Crippen LogP contribution in [0.1, 0.15) is 13.8 Å². The number of carboxylic acids is 1. The molecular formula is C5H11NO3. The van der Waals surface area contributed by atoms with Gasteiger partial charge in [-0.05, 0) is 13.8 Å². The van der Waals surface area contributed by atoms with Gasteiger partial charge >= 0.3 is 5.97 Å². The molecule has 0 rings (SSSR count). The molecule has 54 valence electrons. The quantitative estimate of drug-likeness (QED) is 0.530. The lowest BCUT2D eigenvalue weighted by Gasteiger charge is -2.04. The number of hydrogen-bond donors (Lipinski definition) is 2. The van der Waals surface area contributed by atoms with E-state index in [1.165, 1.54) is 0 Å². The summed E-state index contributed by atoms with van der Waals surface area (Å²) in [4.78, 5) is 14.6. The van der Waals surface area contributed by atoms with Gasteiger partial charge in [-0.2, -0.15) is 5.48 Å². The smallest absolute Gasteiger partial charge is 0.319 e. The van der Waals surface area contributed by atoms with Gasteiger partial charge < -0.3 is 5.11 Å². The Morgan fingerprint density at radius 1 is 1.78 bits per heavy atom. The van der Waals surface area contributed by atoms with E-state index in [1.54, 1.807) is 0 Å². The lowest BCUT2D eigenvalue weighted by Crippen LogP contribution is -2.25. The molecule has 0 aliphatic rings. The van der Waals surface area contributed by atoms with E-state index in [4.69, 9.17) is 9.94 Å². The van der Waals surface area contributed by atoms with Crippen LogP contribution in [-0.2, 0) is 9.63 Å². The maximum Gasteiger partial charge on any atom is 0.319 e. The first-order valence-corrected chi connectivity index (χ1v) is 2.73. The first-order valence-electron chi connectivity index (χ1n) is 2.73. The Balaban J connectivity index is 3.01. The van der Waals surface area contributed by atoms with Gasteiger partial charge in [0.15, 0.2) is 0 Å². The Labute approximate surface area is 53.8 Å². The van der Waals surface area contributed by atoms with Gasteiger partial charge in [-0.15, -0.1) is 0 Å². The summed E-state index contributed by atoms with van der Waals surface area (Å²) in [6.07, 6.45) is 0.0179. The van der Waals surface area contributed by atoms with E-state index in [-0.39, 0.29) is 12.6 Å². The highest BCUT2D eigenvalue weighted by Gasteiger charge is 1.95. The van der Waals surface area contributed by atoms with Crippen LogP contribution in [-0.4, -0.2) is 23.7 Å². The number of nitrogens with one attached hydrogen (secondary N) is 1. The van der Waals surface area contributed by atoms with Gasteiger partial charge in [0.2, 0.25) is 0 Å². The maximum atomic E-state index is 9.84. The summed E-state index contributed by atoms with van der Waals surface area (Å²) in [6.45, 7) is 3.47. The van der Waals surface area contributed by atoms with Gasteiger partial charge in [-0.25, -0.2) is 0 Å². The van der Waals surface area contributed by atoms with Crippen LogP contribution in [0, 0.1) is 0 Å². The van der Waals surface area contributed by atoms with Crippen molar-refractivity contribution in [2.45, 2.75) is 20.0 Å². The van der Waals surface area contributed by atoms with E-state index < -0.39 is 5.97 Å². The molecule has 0 amide bonds. The number of hydroxylamine groups is 1. The summed E-state index contributed by atoms with van der Waals surface area (Å²) >= 11 is 0. The van der Waals surface area contributed by atoms with Gasteiger partial charge in [-0.3, -0.25) is 9.63 Å². The molecule has 9 heavy (non-hydrogen) atoms. The molecule has 0 spiro atoms. The molecule has 4 nitrogen and oxygen atoms in total. The molecule has 0 bridgehead atoms. The molecule has 0 radical (unpaired) electrons. The van der Waals surface area contributed by atoms with Gasteiger partial charge in [0.1, 0.15) is 6.54 Å². The number of carboxylic acid groups (broad SMARTS) is 1. The predicted octanol–water partition coefficient (Wildman–Crippen LogP) is 0.000600. The van der Waals surface area contributed by atoms with Gasteiger partial charge in [0, 0.05) is 0 Å². The van der Waals surface area contributed by atoms with Crippen molar-refractivity contribution in [1.29, 1.82) is 0 Å². The molecule has 0 unspecified atom stereocenters. The van der Waals surface area contributed by atoms with Crippen molar-refractivity contribution in [2.24, 2.45) is 0 Å². The fraction of sp³-hybridized carbons (Fsp3) is 0.800. The summed E-state index contributed by atoms with van der Waals surface area (Å²) in [7, 11) is 0. The Kier molecular flexibility index (Phi) is 4.00. The van der Waals surface area contributed by atoms with Crippen LogP contribution in [0.5, 0.6) is 0 Å². The third-order valence-electron chi connectivity index (χ3n) is 0.542. The molecule has 0 aromatic carbocycles. The van der Waals surface area contributed by atoms with Crippen LogP contribution in [0.15, 0.2) is 0 Å². The Morgan fingerprint density at radius 3 is 2.67 bits per heavy atom. The number of aliphatic carboxylic acids is 1. The number of rotatable bonds is 4. The van der Waals surface area contributed by atoms with Crippen LogP contribution >= 0.6 is 0 Å². The first kappa shape index (κ1) is 8.39. The molecule has 4 heteroatoms. The number of carbonyl (C=O) groups is 1. The van der Waals surface area contributed by atoms with Crippen LogP contribution < -0.4 is 5.48 Å². The van der Waals surface area contributed by atoms with Crippen LogP contribution in [0.2, 0.25) is 0 Å². The fourth-order valence-corrected chi connectivity index (χ4v) is 0.270. The monoisotopic (exact) mass is 133 g/mol. The second-order valence-electron chi connectivity index (χ2n) is 1.88. The molecule has 0 aliphatic heterocycles. The minimum absolute atomic E-state index is 0.0179. The van der Waals surface area contributed by atoms with Crippen molar-refractivity contribution in [2.75, 3.05) is 6.54 Å². The average molecular weight is 133 g/mol. The zero-order valence-electron chi connectivity index (χ0n) is 5.55. The second kappa shape index (κ2) is 4.29. The fourth-order valence-electron chi connectivity index (χ4n) is 0.270. The predicted molar refractivity (Wildman–Crippen MR) is 31.9 cm³/mol. The van der Waals surface area contributed by atoms with Crippen molar-refractivity contribution >= 4 is 5.97 Å². The van der Waals surface area contributed by atoms with Crippen molar-refractivity contribution in [1.82, 2.24) is 5.48 Å². The summed E-state index contributed by atoms with van der Waals surface area (Å²) < 4.78 is 0.